The second kappa shape index (κ2) is 7.23. The molecule has 0 aliphatic carbocycles. The van der Waals surface area contributed by atoms with E-state index in [2.05, 4.69) is 0 Å². The molecule has 0 unspecified atom stereocenters. The van der Waals surface area contributed by atoms with Gasteiger partial charge in [0.25, 0.3) is 5.91 Å². The lowest BCUT2D eigenvalue weighted by atomic mass is 10.1. The van der Waals surface area contributed by atoms with Crippen LogP contribution in [0.5, 0.6) is 17.2 Å². The van der Waals surface area contributed by atoms with Gasteiger partial charge in [-0.2, -0.15) is 0 Å². The molecule has 0 aromatic heterocycles. The zero-order valence-corrected chi connectivity index (χ0v) is 15.3. The summed E-state index contributed by atoms with van der Waals surface area (Å²) in [5.74, 6) is 1.51. The summed E-state index contributed by atoms with van der Waals surface area (Å²) >= 11 is 6.58. The topological polar surface area (TPSA) is 48.0 Å². The molecule has 23 heavy (non-hydrogen) atoms. The molecule has 0 N–H and O–H groups in total. The standard InChI is InChI=1S/C16H19NO4S2/c1-9(2)17-15(18)13(23-16(17)22)8-10-6-11(19-3)14(21-5)12(7-10)20-4/h6-9H,1-5H3/b13-8-. The van der Waals surface area contributed by atoms with Crippen LogP contribution in [0, 0.1) is 0 Å². The van der Waals surface area contributed by atoms with Gasteiger partial charge < -0.3 is 14.2 Å². The number of nitrogens with zero attached hydrogens (tertiary/aromatic N) is 1. The van der Waals surface area contributed by atoms with Crippen LogP contribution in [0.25, 0.3) is 6.08 Å². The lowest BCUT2D eigenvalue weighted by Crippen LogP contribution is -2.34. The van der Waals surface area contributed by atoms with Gasteiger partial charge in [-0.25, -0.2) is 0 Å². The van der Waals surface area contributed by atoms with E-state index in [1.54, 1.807) is 44.4 Å². The number of hydrogen-bond donors (Lipinski definition) is 0. The average molecular weight is 353 g/mol. The molecule has 0 saturated carbocycles. The van der Waals surface area contributed by atoms with Crippen LogP contribution in [0.15, 0.2) is 17.0 Å². The van der Waals surface area contributed by atoms with Crippen molar-refractivity contribution >= 4 is 40.3 Å². The molecule has 0 bridgehead atoms. The van der Waals surface area contributed by atoms with Crippen molar-refractivity contribution in [2.24, 2.45) is 0 Å². The number of rotatable bonds is 5. The quantitative estimate of drug-likeness (QED) is 0.598. The molecule has 7 heteroatoms. The van der Waals surface area contributed by atoms with Gasteiger partial charge in [0.2, 0.25) is 5.75 Å². The minimum atomic E-state index is -0.0799. The lowest BCUT2D eigenvalue weighted by Gasteiger charge is -2.18. The maximum absolute atomic E-state index is 12.5. The Bertz CT molecular complexity index is 645. The summed E-state index contributed by atoms with van der Waals surface area (Å²) in [4.78, 5) is 14.7. The number of methoxy groups -OCH3 is 3. The fourth-order valence-corrected chi connectivity index (χ4v) is 3.79. The number of amides is 1. The normalized spacial score (nSPS) is 16.4. The molecule has 1 aromatic rings. The van der Waals surface area contributed by atoms with E-state index in [4.69, 9.17) is 26.4 Å². The summed E-state index contributed by atoms with van der Waals surface area (Å²) in [6.45, 7) is 3.88. The third kappa shape index (κ3) is 3.45. The zero-order chi connectivity index (χ0) is 17.1. The number of thioether (sulfide) groups is 1. The maximum atomic E-state index is 12.5. The van der Waals surface area contributed by atoms with E-state index in [1.807, 2.05) is 13.8 Å². The summed E-state index contributed by atoms with van der Waals surface area (Å²) in [5.41, 5.74) is 0.781. The van der Waals surface area contributed by atoms with Crippen molar-refractivity contribution in [2.75, 3.05) is 21.3 Å². The van der Waals surface area contributed by atoms with Crippen molar-refractivity contribution in [2.45, 2.75) is 19.9 Å². The van der Waals surface area contributed by atoms with Crippen molar-refractivity contribution in [3.8, 4) is 17.2 Å². The van der Waals surface area contributed by atoms with Crippen LogP contribution in [0.2, 0.25) is 0 Å². The molecule has 124 valence electrons. The summed E-state index contributed by atoms with van der Waals surface area (Å²) in [6.07, 6.45) is 1.78. The Kier molecular flexibility index (Phi) is 5.54. The van der Waals surface area contributed by atoms with Gasteiger partial charge in [-0.15, -0.1) is 0 Å². The number of ether oxygens (including phenoxy) is 3. The molecule has 0 radical (unpaired) electrons. The average Bonchev–Trinajstić information content (AvgIpc) is 2.80. The third-order valence-electron chi connectivity index (χ3n) is 3.32. The van der Waals surface area contributed by atoms with E-state index in [-0.39, 0.29) is 11.9 Å². The van der Waals surface area contributed by atoms with E-state index >= 15 is 0 Å². The molecule has 1 amide bonds. The van der Waals surface area contributed by atoms with Crippen molar-refractivity contribution in [1.29, 1.82) is 0 Å². The van der Waals surface area contributed by atoms with Crippen LogP contribution >= 0.6 is 24.0 Å². The van der Waals surface area contributed by atoms with Gasteiger partial charge in [0, 0.05) is 6.04 Å². The van der Waals surface area contributed by atoms with Crippen LogP contribution in [0.3, 0.4) is 0 Å². The second-order valence-electron chi connectivity index (χ2n) is 5.10. The highest BCUT2D eigenvalue weighted by Gasteiger charge is 2.33. The fraction of sp³-hybridized carbons (Fsp3) is 0.375. The first-order valence-electron chi connectivity index (χ1n) is 7.00. The number of carbonyl (C=O) groups is 1. The van der Waals surface area contributed by atoms with Crippen LogP contribution in [-0.2, 0) is 4.79 Å². The number of thiocarbonyl (C=S) groups is 1. The Morgan fingerprint density at radius 3 is 2.09 bits per heavy atom. The SMILES string of the molecule is COc1cc(/C=C2\SC(=S)N(C(C)C)C2=O)cc(OC)c1OC. The van der Waals surface area contributed by atoms with E-state index in [9.17, 15) is 4.79 Å². The van der Waals surface area contributed by atoms with Crippen molar-refractivity contribution in [3.63, 3.8) is 0 Å². The molecular weight excluding hydrogens is 334 g/mol. The van der Waals surface area contributed by atoms with Crippen LogP contribution in [-0.4, -0.2) is 42.5 Å². The largest absolute Gasteiger partial charge is 0.493 e. The Balaban J connectivity index is 2.44. The summed E-state index contributed by atoms with van der Waals surface area (Å²) in [5, 5.41) is 0. The highest BCUT2D eigenvalue weighted by Crippen LogP contribution is 2.40. The Morgan fingerprint density at radius 2 is 1.70 bits per heavy atom. The maximum Gasteiger partial charge on any atom is 0.266 e. The van der Waals surface area contributed by atoms with Crippen LogP contribution in [0.1, 0.15) is 19.4 Å². The molecule has 1 fully saturated rings. The van der Waals surface area contributed by atoms with E-state index in [0.29, 0.717) is 26.5 Å². The lowest BCUT2D eigenvalue weighted by molar-refractivity contribution is -0.123. The number of carbonyl (C=O) groups excluding carboxylic acids is 1. The van der Waals surface area contributed by atoms with Gasteiger partial charge in [-0.1, -0.05) is 24.0 Å². The smallest absolute Gasteiger partial charge is 0.266 e. The third-order valence-corrected chi connectivity index (χ3v) is 4.66. The first-order chi connectivity index (χ1) is 10.9. The first kappa shape index (κ1) is 17.6. The second-order valence-corrected chi connectivity index (χ2v) is 6.78. The highest BCUT2D eigenvalue weighted by atomic mass is 32.2. The van der Waals surface area contributed by atoms with Crippen molar-refractivity contribution in [1.82, 2.24) is 4.90 Å². The van der Waals surface area contributed by atoms with Gasteiger partial charge >= 0.3 is 0 Å². The Morgan fingerprint density at radius 1 is 1.13 bits per heavy atom. The van der Waals surface area contributed by atoms with E-state index in [1.165, 1.54) is 11.8 Å². The molecule has 1 saturated heterocycles. The highest BCUT2D eigenvalue weighted by molar-refractivity contribution is 8.26. The van der Waals surface area contributed by atoms with Gasteiger partial charge in [0.05, 0.1) is 26.2 Å². The predicted octanol–water partition coefficient (Wildman–Crippen LogP) is 3.32. The molecule has 5 nitrogen and oxygen atoms in total. The van der Waals surface area contributed by atoms with Crippen LogP contribution < -0.4 is 14.2 Å². The molecule has 1 heterocycles. The summed E-state index contributed by atoms with van der Waals surface area (Å²) < 4.78 is 16.5. The monoisotopic (exact) mass is 353 g/mol. The molecular formula is C16H19NO4S2. The van der Waals surface area contributed by atoms with Gasteiger partial charge in [0.15, 0.2) is 11.5 Å². The van der Waals surface area contributed by atoms with E-state index < -0.39 is 0 Å². The minimum absolute atomic E-state index is 0.0355. The first-order valence-corrected chi connectivity index (χ1v) is 8.22. The predicted molar refractivity (Wildman–Crippen MR) is 96.2 cm³/mol. The van der Waals surface area contributed by atoms with Gasteiger partial charge in [0.1, 0.15) is 4.32 Å². The molecule has 0 atom stereocenters. The van der Waals surface area contributed by atoms with E-state index in [0.717, 1.165) is 5.56 Å². The summed E-state index contributed by atoms with van der Waals surface area (Å²) in [6, 6.07) is 3.63. The van der Waals surface area contributed by atoms with Gasteiger partial charge in [-0.05, 0) is 37.6 Å². The van der Waals surface area contributed by atoms with Gasteiger partial charge in [-0.3, -0.25) is 9.69 Å². The fourth-order valence-electron chi connectivity index (χ4n) is 2.26. The Labute approximate surface area is 145 Å². The minimum Gasteiger partial charge on any atom is -0.493 e. The molecule has 2 rings (SSSR count). The Hall–Kier alpha value is -1.73. The molecule has 0 spiro atoms. The molecule has 1 aliphatic heterocycles. The molecule has 1 aliphatic rings. The zero-order valence-electron chi connectivity index (χ0n) is 13.7. The van der Waals surface area contributed by atoms with Crippen molar-refractivity contribution < 1.29 is 19.0 Å². The summed E-state index contributed by atoms with van der Waals surface area (Å²) in [7, 11) is 4.66. The number of hydrogen-bond acceptors (Lipinski definition) is 6. The van der Waals surface area contributed by atoms with Crippen LogP contribution in [0.4, 0.5) is 0 Å². The molecule has 1 aromatic carbocycles. The van der Waals surface area contributed by atoms with Crippen molar-refractivity contribution in [3.05, 3.63) is 22.6 Å². The number of benzene rings is 1.